The Balaban J connectivity index is 1.97. The molecule has 0 spiro atoms. The lowest BCUT2D eigenvalue weighted by Gasteiger charge is -2.07. The van der Waals surface area contributed by atoms with Gasteiger partial charge >= 0.3 is 0 Å². The Morgan fingerprint density at radius 3 is 2.48 bits per heavy atom. The van der Waals surface area contributed by atoms with Crippen molar-refractivity contribution in [2.75, 3.05) is 5.73 Å². The molecule has 0 saturated carbocycles. The SMILES string of the molecule is Cc1ccc(Cc2nc(-c3ccc(C)c(N)c3)cc(=O)[nH]2)cc1. The fourth-order valence-electron chi connectivity index (χ4n) is 2.44. The van der Waals surface area contributed by atoms with Crippen molar-refractivity contribution in [2.24, 2.45) is 0 Å². The standard InChI is InChI=1S/C19H19N3O/c1-12-3-6-14(7-4-12)9-18-21-17(11-19(23)22-18)15-8-5-13(2)16(20)10-15/h3-8,10-11H,9,20H2,1-2H3,(H,21,22,23). The average Bonchev–Trinajstić information content (AvgIpc) is 2.52. The third-order valence-corrected chi connectivity index (χ3v) is 3.86. The Morgan fingerprint density at radius 2 is 1.78 bits per heavy atom. The van der Waals surface area contributed by atoms with E-state index >= 15 is 0 Å². The van der Waals surface area contributed by atoms with Crippen molar-refractivity contribution in [2.45, 2.75) is 20.3 Å². The lowest BCUT2D eigenvalue weighted by molar-refractivity contribution is 0.949. The Morgan fingerprint density at radius 1 is 1.04 bits per heavy atom. The molecule has 0 aliphatic heterocycles. The third-order valence-electron chi connectivity index (χ3n) is 3.86. The second-order valence-corrected chi connectivity index (χ2v) is 5.81. The summed E-state index contributed by atoms with van der Waals surface area (Å²) in [6.45, 7) is 4.00. The van der Waals surface area contributed by atoms with Gasteiger partial charge in [-0.1, -0.05) is 42.0 Å². The van der Waals surface area contributed by atoms with Gasteiger partial charge in [0.25, 0.3) is 5.56 Å². The summed E-state index contributed by atoms with van der Waals surface area (Å²) in [7, 11) is 0. The summed E-state index contributed by atoms with van der Waals surface area (Å²) in [6.07, 6.45) is 0.588. The highest BCUT2D eigenvalue weighted by molar-refractivity contribution is 5.65. The van der Waals surface area contributed by atoms with Gasteiger partial charge in [0.2, 0.25) is 0 Å². The van der Waals surface area contributed by atoms with Gasteiger partial charge in [-0.2, -0.15) is 0 Å². The Labute approximate surface area is 135 Å². The van der Waals surface area contributed by atoms with Crippen LogP contribution in [0, 0.1) is 13.8 Å². The molecule has 0 saturated heterocycles. The molecule has 0 bridgehead atoms. The highest BCUT2D eigenvalue weighted by atomic mass is 16.1. The predicted octanol–water partition coefficient (Wildman–Crippen LogP) is 3.23. The first kappa shape index (κ1) is 15.0. The fraction of sp³-hybridized carbons (Fsp3) is 0.158. The van der Waals surface area contributed by atoms with E-state index in [-0.39, 0.29) is 5.56 Å². The van der Waals surface area contributed by atoms with Gasteiger partial charge in [0.05, 0.1) is 5.69 Å². The third kappa shape index (κ3) is 3.48. The minimum Gasteiger partial charge on any atom is -0.398 e. The lowest BCUT2D eigenvalue weighted by atomic mass is 10.1. The second-order valence-electron chi connectivity index (χ2n) is 5.81. The van der Waals surface area contributed by atoms with Crippen LogP contribution >= 0.6 is 0 Å². The van der Waals surface area contributed by atoms with Crippen molar-refractivity contribution in [1.29, 1.82) is 0 Å². The molecule has 0 radical (unpaired) electrons. The van der Waals surface area contributed by atoms with Crippen LogP contribution in [0.4, 0.5) is 5.69 Å². The predicted molar refractivity (Wildman–Crippen MR) is 93.4 cm³/mol. The lowest BCUT2D eigenvalue weighted by Crippen LogP contribution is -2.11. The average molecular weight is 305 g/mol. The molecule has 0 unspecified atom stereocenters. The topological polar surface area (TPSA) is 71.8 Å². The number of aryl methyl sites for hydroxylation is 2. The van der Waals surface area contributed by atoms with E-state index in [1.807, 2.05) is 44.2 Å². The van der Waals surface area contributed by atoms with Crippen LogP contribution in [-0.2, 0) is 6.42 Å². The van der Waals surface area contributed by atoms with E-state index in [9.17, 15) is 4.79 Å². The van der Waals surface area contributed by atoms with Crippen LogP contribution < -0.4 is 11.3 Å². The Kier molecular flexibility index (Phi) is 3.98. The van der Waals surface area contributed by atoms with E-state index in [1.54, 1.807) is 0 Å². The number of nitrogens with zero attached hydrogens (tertiary/aromatic N) is 1. The van der Waals surface area contributed by atoms with Gasteiger partial charge in [-0.05, 0) is 31.0 Å². The van der Waals surface area contributed by atoms with Gasteiger partial charge in [0.15, 0.2) is 0 Å². The van der Waals surface area contributed by atoms with E-state index in [0.29, 0.717) is 23.6 Å². The molecule has 4 heteroatoms. The van der Waals surface area contributed by atoms with Crippen molar-refractivity contribution < 1.29 is 0 Å². The molecule has 116 valence electrons. The molecular formula is C19H19N3O. The van der Waals surface area contributed by atoms with Crippen LogP contribution in [0.5, 0.6) is 0 Å². The van der Waals surface area contributed by atoms with Crippen LogP contribution in [0.2, 0.25) is 0 Å². The first-order valence-electron chi connectivity index (χ1n) is 7.53. The summed E-state index contributed by atoms with van der Waals surface area (Å²) in [5.41, 5.74) is 11.3. The number of benzene rings is 2. The van der Waals surface area contributed by atoms with Gasteiger partial charge in [-0.15, -0.1) is 0 Å². The van der Waals surface area contributed by atoms with Gasteiger partial charge in [-0.25, -0.2) is 4.98 Å². The first-order chi connectivity index (χ1) is 11.0. The number of anilines is 1. The van der Waals surface area contributed by atoms with E-state index in [2.05, 4.69) is 22.1 Å². The fourth-order valence-corrected chi connectivity index (χ4v) is 2.44. The van der Waals surface area contributed by atoms with Crippen molar-refractivity contribution in [3.05, 3.63) is 81.4 Å². The molecule has 2 aromatic carbocycles. The van der Waals surface area contributed by atoms with E-state index < -0.39 is 0 Å². The molecule has 3 rings (SSSR count). The highest BCUT2D eigenvalue weighted by Gasteiger charge is 2.06. The molecule has 23 heavy (non-hydrogen) atoms. The quantitative estimate of drug-likeness (QED) is 0.730. The number of hydrogen-bond acceptors (Lipinski definition) is 3. The molecule has 1 heterocycles. The molecule has 0 atom stereocenters. The zero-order valence-electron chi connectivity index (χ0n) is 13.3. The van der Waals surface area contributed by atoms with Crippen molar-refractivity contribution in [3.63, 3.8) is 0 Å². The first-order valence-corrected chi connectivity index (χ1v) is 7.53. The maximum absolute atomic E-state index is 12.0. The smallest absolute Gasteiger partial charge is 0.251 e. The number of nitrogens with two attached hydrogens (primary N) is 1. The molecule has 3 aromatic rings. The minimum absolute atomic E-state index is 0.156. The van der Waals surface area contributed by atoms with Crippen molar-refractivity contribution in [3.8, 4) is 11.3 Å². The van der Waals surface area contributed by atoms with Crippen molar-refractivity contribution in [1.82, 2.24) is 9.97 Å². The molecular weight excluding hydrogens is 286 g/mol. The van der Waals surface area contributed by atoms with Gasteiger partial charge in [0.1, 0.15) is 5.82 Å². The maximum Gasteiger partial charge on any atom is 0.251 e. The monoisotopic (exact) mass is 305 g/mol. The van der Waals surface area contributed by atoms with Crippen LogP contribution in [0.25, 0.3) is 11.3 Å². The Bertz CT molecular complexity index is 895. The zero-order chi connectivity index (χ0) is 16.4. The summed E-state index contributed by atoms with van der Waals surface area (Å²) < 4.78 is 0. The maximum atomic E-state index is 12.0. The summed E-state index contributed by atoms with van der Waals surface area (Å²) in [6, 6.07) is 15.4. The Hall–Kier alpha value is -2.88. The van der Waals surface area contributed by atoms with Crippen LogP contribution in [0.1, 0.15) is 22.5 Å². The highest BCUT2D eigenvalue weighted by Crippen LogP contribution is 2.21. The number of hydrogen-bond donors (Lipinski definition) is 2. The number of nitrogen functional groups attached to an aromatic ring is 1. The number of aromatic nitrogens is 2. The normalized spacial score (nSPS) is 10.7. The molecule has 0 aliphatic carbocycles. The van der Waals surface area contributed by atoms with Crippen LogP contribution in [0.3, 0.4) is 0 Å². The molecule has 0 amide bonds. The zero-order valence-corrected chi connectivity index (χ0v) is 13.3. The number of rotatable bonds is 3. The summed E-state index contributed by atoms with van der Waals surface area (Å²) in [5.74, 6) is 0.649. The summed E-state index contributed by atoms with van der Waals surface area (Å²) in [5, 5.41) is 0. The second kappa shape index (κ2) is 6.08. The van der Waals surface area contributed by atoms with Gasteiger partial charge < -0.3 is 10.7 Å². The summed E-state index contributed by atoms with van der Waals surface area (Å²) in [4.78, 5) is 19.3. The largest absolute Gasteiger partial charge is 0.398 e. The van der Waals surface area contributed by atoms with Crippen LogP contribution in [0.15, 0.2) is 53.3 Å². The van der Waals surface area contributed by atoms with Crippen molar-refractivity contribution >= 4 is 5.69 Å². The number of nitrogens with one attached hydrogen (secondary N) is 1. The minimum atomic E-state index is -0.156. The number of H-pyrrole nitrogens is 1. The van der Waals surface area contributed by atoms with E-state index in [4.69, 9.17) is 5.73 Å². The number of aromatic amines is 1. The van der Waals surface area contributed by atoms with Gasteiger partial charge in [0, 0.05) is 23.7 Å². The van der Waals surface area contributed by atoms with Gasteiger partial charge in [-0.3, -0.25) is 4.79 Å². The molecule has 0 aliphatic rings. The van der Waals surface area contributed by atoms with Crippen LogP contribution in [-0.4, -0.2) is 9.97 Å². The molecule has 4 nitrogen and oxygen atoms in total. The summed E-state index contributed by atoms with van der Waals surface area (Å²) >= 11 is 0. The molecule has 0 fully saturated rings. The van der Waals surface area contributed by atoms with E-state index in [0.717, 1.165) is 16.7 Å². The van der Waals surface area contributed by atoms with E-state index in [1.165, 1.54) is 11.6 Å². The molecule has 3 N–H and O–H groups in total. The molecule has 1 aromatic heterocycles.